The second-order valence-electron chi connectivity index (χ2n) is 9.20. The highest BCUT2D eigenvalue weighted by Gasteiger charge is 2.81. The lowest BCUT2D eigenvalue weighted by Gasteiger charge is -2.37. The molecular weight excluding hydrogens is 576 g/mol. The van der Waals surface area contributed by atoms with Crippen molar-refractivity contribution in [2.75, 3.05) is 0 Å². The number of phenolic OH excluding ortho intramolecular Hbond substituents is 2. The highest BCUT2D eigenvalue weighted by atomic mass is 19.4. The van der Waals surface area contributed by atoms with E-state index in [1.54, 1.807) is 0 Å². The lowest BCUT2D eigenvalue weighted by Crippen LogP contribution is -2.59. The van der Waals surface area contributed by atoms with Crippen LogP contribution in [0.4, 0.5) is 35.1 Å². The van der Waals surface area contributed by atoms with Crippen LogP contribution in [0.1, 0.15) is 43.0 Å². The molecule has 0 aliphatic carbocycles. The maximum Gasteiger partial charge on any atom is 0.382 e. The number of halogens is 8. The number of ketones is 2. The fourth-order valence-electron chi connectivity index (χ4n) is 3.98. The van der Waals surface area contributed by atoms with Gasteiger partial charge in [0, 0.05) is 33.4 Å². The molecule has 4 rings (SSSR count). The fourth-order valence-corrected chi connectivity index (χ4v) is 3.98. The molecule has 0 unspecified atom stereocenters. The van der Waals surface area contributed by atoms with Gasteiger partial charge < -0.3 is 10.2 Å². The molecule has 12 heteroatoms. The summed E-state index contributed by atoms with van der Waals surface area (Å²) in [7, 11) is 0. The third kappa shape index (κ3) is 5.08. The highest BCUT2D eigenvalue weighted by Crippen LogP contribution is 2.59. The van der Waals surface area contributed by atoms with Crippen molar-refractivity contribution >= 4 is 11.6 Å². The maximum atomic E-state index is 14.8. The largest absolute Gasteiger partial charge is 0.508 e. The molecule has 0 aliphatic rings. The summed E-state index contributed by atoms with van der Waals surface area (Å²) in [5.74, 6) is -26.8. The van der Waals surface area contributed by atoms with Crippen LogP contribution in [0.15, 0.2) is 97.1 Å². The zero-order chi connectivity index (χ0) is 31.1. The quantitative estimate of drug-likeness (QED) is 0.154. The van der Waals surface area contributed by atoms with Gasteiger partial charge in [0.15, 0.2) is 11.6 Å². The van der Waals surface area contributed by atoms with Crippen LogP contribution in [0.3, 0.4) is 0 Å². The summed E-state index contributed by atoms with van der Waals surface area (Å²) in [4.78, 5) is 24.9. The smallest absolute Gasteiger partial charge is 0.382 e. The summed E-state index contributed by atoms with van der Waals surface area (Å²) < 4.78 is 118. The Kier molecular flexibility index (Phi) is 7.62. The molecule has 0 fully saturated rings. The number of benzene rings is 4. The first-order valence-electron chi connectivity index (χ1n) is 11.9. The minimum absolute atomic E-state index is 0.0143. The Morgan fingerprint density at radius 1 is 0.405 bits per heavy atom. The molecule has 2 N–H and O–H groups in total. The summed E-state index contributed by atoms with van der Waals surface area (Å²) in [6, 6.07) is 12.9. The van der Waals surface area contributed by atoms with Crippen molar-refractivity contribution in [3.05, 3.63) is 130 Å². The Morgan fingerprint density at radius 3 is 0.857 bits per heavy atom. The molecule has 0 aromatic heterocycles. The van der Waals surface area contributed by atoms with E-state index < -0.39 is 46.4 Å². The van der Waals surface area contributed by atoms with E-state index in [-0.39, 0.29) is 58.0 Å². The minimum Gasteiger partial charge on any atom is -0.508 e. The van der Waals surface area contributed by atoms with Gasteiger partial charge in [-0.2, -0.15) is 35.1 Å². The van der Waals surface area contributed by atoms with Crippen LogP contribution >= 0.6 is 0 Å². The van der Waals surface area contributed by atoms with Crippen LogP contribution in [0, 0.1) is 0 Å². The Labute approximate surface area is 232 Å². The number of hydrogen-bond acceptors (Lipinski definition) is 4. The predicted octanol–water partition coefficient (Wildman–Crippen LogP) is 7.71. The predicted molar refractivity (Wildman–Crippen MR) is 134 cm³/mol. The van der Waals surface area contributed by atoms with Crippen LogP contribution in [-0.4, -0.2) is 33.6 Å². The zero-order valence-electron chi connectivity index (χ0n) is 21.0. The summed E-state index contributed by atoms with van der Waals surface area (Å²) in [6.07, 6.45) is 0. The topological polar surface area (TPSA) is 74.6 Å². The maximum absolute atomic E-state index is 14.8. The monoisotopic (exact) mass is 594 g/mol. The Morgan fingerprint density at radius 2 is 0.619 bits per heavy atom. The first kappa shape index (κ1) is 30.2. The van der Waals surface area contributed by atoms with Gasteiger partial charge in [0.1, 0.15) is 11.5 Å². The van der Waals surface area contributed by atoms with E-state index in [1.807, 2.05) is 0 Å². The third-order valence-corrected chi connectivity index (χ3v) is 6.46. The number of phenols is 2. The fraction of sp³-hybridized carbons (Fsp3) is 0.133. The molecule has 0 saturated heterocycles. The number of hydrogen-bond donors (Lipinski definition) is 2. The summed E-state index contributed by atoms with van der Waals surface area (Å²) in [5, 5.41) is 18.6. The summed E-state index contributed by atoms with van der Waals surface area (Å²) in [5.41, 5.74) is -4.13. The SMILES string of the molecule is O=C(c1ccc(O)cc1)c1ccc(C(F)(F)C(F)(F)C(F)(F)C(F)(F)c2ccc(C(=O)c3ccc(O)cc3)cc2)cc1. The average molecular weight is 594 g/mol. The number of carbonyl (C=O) groups is 2. The third-order valence-electron chi connectivity index (χ3n) is 6.46. The molecule has 0 atom stereocenters. The number of carbonyl (C=O) groups excluding carboxylic acids is 2. The molecule has 218 valence electrons. The molecule has 4 aromatic rings. The first-order valence-corrected chi connectivity index (χ1v) is 11.9. The lowest BCUT2D eigenvalue weighted by molar-refractivity contribution is -0.374. The second-order valence-corrected chi connectivity index (χ2v) is 9.20. The van der Waals surface area contributed by atoms with Gasteiger partial charge in [-0.05, 0) is 48.5 Å². The normalized spacial score (nSPS) is 12.7. The first-order chi connectivity index (χ1) is 19.5. The number of rotatable bonds is 9. The number of alkyl halides is 8. The van der Waals surface area contributed by atoms with Gasteiger partial charge in [0.05, 0.1) is 0 Å². The van der Waals surface area contributed by atoms with E-state index in [1.165, 1.54) is 24.3 Å². The van der Waals surface area contributed by atoms with Crippen LogP contribution in [0.2, 0.25) is 0 Å². The van der Waals surface area contributed by atoms with Gasteiger partial charge in [-0.25, -0.2) is 0 Å². The summed E-state index contributed by atoms with van der Waals surface area (Å²) >= 11 is 0. The molecule has 0 amide bonds. The van der Waals surface area contributed by atoms with E-state index >= 15 is 0 Å². The van der Waals surface area contributed by atoms with Crippen LogP contribution in [0.5, 0.6) is 11.5 Å². The Hall–Kier alpha value is -4.74. The van der Waals surface area contributed by atoms with E-state index in [0.717, 1.165) is 24.3 Å². The molecular formula is C30H18F8O4. The molecule has 0 radical (unpaired) electrons. The molecule has 0 bridgehead atoms. The minimum atomic E-state index is -6.63. The molecule has 0 heterocycles. The number of aromatic hydroxyl groups is 2. The van der Waals surface area contributed by atoms with Crippen LogP contribution < -0.4 is 0 Å². The molecule has 0 aliphatic heterocycles. The molecule has 42 heavy (non-hydrogen) atoms. The standard InChI is InChI=1S/C30H18F8O4/c31-27(32,21-9-1-17(2-10-21)25(41)19-5-13-23(39)14-6-19)29(35,36)30(37,38)28(33,34)22-11-3-18(4-12-22)26(42)20-7-15-24(40)16-8-20/h1-16,39-40H. The molecule has 4 nitrogen and oxygen atoms in total. The van der Waals surface area contributed by atoms with E-state index in [0.29, 0.717) is 24.3 Å². The van der Waals surface area contributed by atoms with Gasteiger partial charge in [-0.1, -0.05) is 48.5 Å². The summed E-state index contributed by atoms with van der Waals surface area (Å²) in [6.45, 7) is 0. The lowest BCUT2D eigenvalue weighted by atomic mass is 9.89. The van der Waals surface area contributed by atoms with Gasteiger partial charge in [0.2, 0.25) is 0 Å². The van der Waals surface area contributed by atoms with Crippen molar-refractivity contribution < 1.29 is 54.9 Å². The van der Waals surface area contributed by atoms with E-state index in [2.05, 4.69) is 0 Å². The van der Waals surface area contributed by atoms with Crippen molar-refractivity contribution in [2.24, 2.45) is 0 Å². The van der Waals surface area contributed by atoms with E-state index in [9.17, 15) is 54.9 Å². The second kappa shape index (κ2) is 10.6. The van der Waals surface area contributed by atoms with Crippen molar-refractivity contribution in [1.29, 1.82) is 0 Å². The zero-order valence-corrected chi connectivity index (χ0v) is 21.0. The highest BCUT2D eigenvalue weighted by molar-refractivity contribution is 6.09. The Bertz CT molecular complexity index is 1470. The van der Waals surface area contributed by atoms with E-state index in [4.69, 9.17) is 0 Å². The van der Waals surface area contributed by atoms with Crippen molar-refractivity contribution in [2.45, 2.75) is 23.7 Å². The van der Waals surface area contributed by atoms with Gasteiger partial charge >= 0.3 is 23.7 Å². The van der Waals surface area contributed by atoms with Crippen molar-refractivity contribution in [3.8, 4) is 11.5 Å². The van der Waals surface area contributed by atoms with Crippen molar-refractivity contribution in [3.63, 3.8) is 0 Å². The Balaban J connectivity index is 1.60. The molecule has 0 spiro atoms. The van der Waals surface area contributed by atoms with Crippen molar-refractivity contribution in [1.82, 2.24) is 0 Å². The molecule has 0 saturated carbocycles. The average Bonchev–Trinajstić information content (AvgIpc) is 2.97. The van der Waals surface area contributed by atoms with Crippen LogP contribution in [0.25, 0.3) is 0 Å². The van der Waals surface area contributed by atoms with Gasteiger partial charge in [-0.15, -0.1) is 0 Å². The van der Waals surface area contributed by atoms with Crippen LogP contribution in [-0.2, 0) is 11.8 Å². The molecule has 4 aromatic carbocycles. The van der Waals surface area contributed by atoms with Gasteiger partial charge in [0.25, 0.3) is 0 Å². The van der Waals surface area contributed by atoms with Gasteiger partial charge in [-0.3, -0.25) is 9.59 Å².